The molecule has 1 saturated carbocycles. The molecule has 106 valence electrons. The van der Waals surface area contributed by atoms with Crippen LogP contribution in [0.2, 0.25) is 0 Å². The fraction of sp³-hybridized carbons (Fsp3) is 1.00. The van der Waals surface area contributed by atoms with E-state index in [4.69, 9.17) is 4.74 Å². The summed E-state index contributed by atoms with van der Waals surface area (Å²) < 4.78 is 5.90. The summed E-state index contributed by atoms with van der Waals surface area (Å²) in [6, 6.07) is 0.687. The third-order valence-electron chi connectivity index (χ3n) is 5.05. The molecular weight excluding hydrogens is 222 g/mol. The summed E-state index contributed by atoms with van der Waals surface area (Å²) in [6.07, 6.45) is 12.3. The Kier molecular flexibility index (Phi) is 5.50. The first-order valence-corrected chi connectivity index (χ1v) is 8.09. The summed E-state index contributed by atoms with van der Waals surface area (Å²) in [4.78, 5) is 0. The van der Waals surface area contributed by atoms with Crippen LogP contribution in [0.15, 0.2) is 0 Å². The molecule has 0 amide bonds. The molecule has 0 aromatic heterocycles. The van der Waals surface area contributed by atoms with Crippen LogP contribution in [0, 0.1) is 5.92 Å². The van der Waals surface area contributed by atoms with Gasteiger partial charge in [-0.2, -0.15) is 0 Å². The molecule has 0 aromatic rings. The Morgan fingerprint density at radius 3 is 2.67 bits per heavy atom. The van der Waals surface area contributed by atoms with Crippen LogP contribution in [-0.2, 0) is 4.74 Å². The van der Waals surface area contributed by atoms with Crippen molar-refractivity contribution < 1.29 is 4.74 Å². The van der Waals surface area contributed by atoms with Crippen LogP contribution in [0.3, 0.4) is 0 Å². The van der Waals surface area contributed by atoms with Crippen LogP contribution >= 0.6 is 0 Å². The molecule has 2 heteroatoms. The van der Waals surface area contributed by atoms with Gasteiger partial charge >= 0.3 is 0 Å². The summed E-state index contributed by atoms with van der Waals surface area (Å²) >= 11 is 0. The highest BCUT2D eigenvalue weighted by Crippen LogP contribution is 2.28. The number of hydrogen-bond donors (Lipinski definition) is 1. The predicted octanol–water partition coefficient (Wildman–Crippen LogP) is 3.89. The Hall–Kier alpha value is -0.0800. The Balaban J connectivity index is 1.63. The van der Waals surface area contributed by atoms with E-state index < -0.39 is 0 Å². The lowest BCUT2D eigenvalue weighted by Crippen LogP contribution is -2.45. The number of ether oxygens (including phenoxy) is 1. The van der Waals surface area contributed by atoms with E-state index in [-0.39, 0.29) is 5.60 Å². The van der Waals surface area contributed by atoms with Gasteiger partial charge in [-0.15, -0.1) is 0 Å². The van der Waals surface area contributed by atoms with Gasteiger partial charge in [-0.05, 0) is 45.1 Å². The molecule has 0 bridgehead atoms. The quantitative estimate of drug-likeness (QED) is 0.802. The Morgan fingerprint density at radius 2 is 1.94 bits per heavy atom. The van der Waals surface area contributed by atoms with Crippen molar-refractivity contribution in [2.45, 2.75) is 83.3 Å². The van der Waals surface area contributed by atoms with Gasteiger partial charge in [0.05, 0.1) is 5.60 Å². The molecule has 1 saturated heterocycles. The normalized spacial score (nSPS) is 34.7. The largest absolute Gasteiger partial charge is 0.375 e. The van der Waals surface area contributed by atoms with E-state index in [1.807, 2.05) is 0 Å². The fourth-order valence-electron chi connectivity index (χ4n) is 3.52. The average molecular weight is 253 g/mol. The average Bonchev–Trinajstić information content (AvgIpc) is 2.40. The molecule has 0 spiro atoms. The minimum absolute atomic E-state index is 0.126. The first-order valence-electron chi connectivity index (χ1n) is 8.09. The maximum atomic E-state index is 5.90. The maximum Gasteiger partial charge on any atom is 0.0666 e. The van der Waals surface area contributed by atoms with Crippen molar-refractivity contribution in [3.05, 3.63) is 0 Å². The second kappa shape index (κ2) is 6.91. The van der Waals surface area contributed by atoms with E-state index in [1.54, 1.807) is 0 Å². The molecule has 2 unspecified atom stereocenters. The molecule has 0 aromatic carbocycles. The van der Waals surface area contributed by atoms with E-state index in [9.17, 15) is 0 Å². The summed E-state index contributed by atoms with van der Waals surface area (Å²) in [5.74, 6) is 1.00. The van der Waals surface area contributed by atoms with E-state index >= 15 is 0 Å². The van der Waals surface area contributed by atoms with Crippen LogP contribution in [0.4, 0.5) is 0 Å². The van der Waals surface area contributed by atoms with Crippen LogP contribution < -0.4 is 5.32 Å². The van der Waals surface area contributed by atoms with Gasteiger partial charge in [-0.3, -0.25) is 0 Å². The van der Waals surface area contributed by atoms with Crippen molar-refractivity contribution >= 4 is 0 Å². The summed E-state index contributed by atoms with van der Waals surface area (Å²) in [5, 5.41) is 3.78. The van der Waals surface area contributed by atoms with Gasteiger partial charge in [0, 0.05) is 12.6 Å². The third kappa shape index (κ3) is 4.24. The van der Waals surface area contributed by atoms with Gasteiger partial charge in [0.2, 0.25) is 0 Å². The zero-order valence-corrected chi connectivity index (χ0v) is 12.3. The first kappa shape index (κ1) is 14.3. The molecule has 1 N–H and O–H groups in total. The molecular formula is C16H31NO. The van der Waals surface area contributed by atoms with Gasteiger partial charge in [0.15, 0.2) is 0 Å². The molecule has 2 rings (SSSR count). The SMILES string of the molecule is CCC1(C)CC(NCCC2CCCCC2)CCO1. The number of hydrogen-bond acceptors (Lipinski definition) is 2. The molecule has 0 radical (unpaired) electrons. The molecule has 2 fully saturated rings. The lowest BCUT2D eigenvalue weighted by atomic mass is 9.86. The second-order valence-electron chi connectivity index (χ2n) is 6.59. The van der Waals surface area contributed by atoms with Crippen LogP contribution in [0.25, 0.3) is 0 Å². The standard InChI is InChI=1S/C16H31NO/c1-3-16(2)13-15(10-12-18-16)17-11-9-14-7-5-4-6-8-14/h14-15,17H,3-13H2,1-2H3. The zero-order valence-electron chi connectivity index (χ0n) is 12.3. The highest BCUT2D eigenvalue weighted by atomic mass is 16.5. The summed E-state index contributed by atoms with van der Waals surface area (Å²) in [7, 11) is 0. The predicted molar refractivity (Wildman–Crippen MR) is 76.9 cm³/mol. The van der Waals surface area contributed by atoms with Crippen LogP contribution in [0.5, 0.6) is 0 Å². The van der Waals surface area contributed by atoms with E-state index in [2.05, 4.69) is 19.2 Å². The second-order valence-corrected chi connectivity index (χ2v) is 6.59. The monoisotopic (exact) mass is 253 g/mol. The molecule has 1 heterocycles. The Labute approximate surface area is 113 Å². The lowest BCUT2D eigenvalue weighted by Gasteiger charge is -2.38. The van der Waals surface area contributed by atoms with E-state index in [0.29, 0.717) is 6.04 Å². The Morgan fingerprint density at radius 1 is 1.17 bits per heavy atom. The molecule has 2 nitrogen and oxygen atoms in total. The molecule has 1 aliphatic heterocycles. The Bertz CT molecular complexity index is 237. The van der Waals surface area contributed by atoms with Crippen molar-refractivity contribution in [1.29, 1.82) is 0 Å². The van der Waals surface area contributed by atoms with Gasteiger partial charge in [0.1, 0.15) is 0 Å². The van der Waals surface area contributed by atoms with Crippen molar-refractivity contribution in [2.24, 2.45) is 5.92 Å². The van der Waals surface area contributed by atoms with Crippen molar-refractivity contribution in [3.63, 3.8) is 0 Å². The molecule has 2 aliphatic rings. The van der Waals surface area contributed by atoms with Gasteiger partial charge in [-0.25, -0.2) is 0 Å². The van der Waals surface area contributed by atoms with Crippen molar-refractivity contribution in [3.8, 4) is 0 Å². The number of rotatable bonds is 5. The molecule has 2 atom stereocenters. The van der Waals surface area contributed by atoms with Gasteiger partial charge in [0.25, 0.3) is 0 Å². The van der Waals surface area contributed by atoms with E-state index in [1.165, 1.54) is 57.9 Å². The van der Waals surface area contributed by atoms with Crippen LogP contribution in [0.1, 0.15) is 71.6 Å². The minimum Gasteiger partial charge on any atom is -0.375 e. The smallest absolute Gasteiger partial charge is 0.0666 e. The highest BCUT2D eigenvalue weighted by molar-refractivity contribution is 4.85. The highest BCUT2D eigenvalue weighted by Gasteiger charge is 2.31. The number of nitrogens with one attached hydrogen (secondary N) is 1. The van der Waals surface area contributed by atoms with Gasteiger partial charge in [-0.1, -0.05) is 39.0 Å². The third-order valence-corrected chi connectivity index (χ3v) is 5.05. The first-order chi connectivity index (χ1) is 8.72. The summed E-state index contributed by atoms with van der Waals surface area (Å²) in [6.45, 7) is 6.66. The maximum absolute atomic E-state index is 5.90. The van der Waals surface area contributed by atoms with E-state index in [0.717, 1.165) is 18.9 Å². The minimum atomic E-state index is 0.126. The van der Waals surface area contributed by atoms with Gasteiger partial charge < -0.3 is 10.1 Å². The topological polar surface area (TPSA) is 21.3 Å². The fourth-order valence-corrected chi connectivity index (χ4v) is 3.52. The van der Waals surface area contributed by atoms with Crippen LogP contribution in [-0.4, -0.2) is 24.8 Å². The van der Waals surface area contributed by atoms with Crippen molar-refractivity contribution in [1.82, 2.24) is 5.32 Å². The molecule has 1 aliphatic carbocycles. The zero-order chi connectivity index (χ0) is 12.8. The van der Waals surface area contributed by atoms with Crippen molar-refractivity contribution in [2.75, 3.05) is 13.2 Å². The molecule has 18 heavy (non-hydrogen) atoms. The summed E-state index contributed by atoms with van der Waals surface area (Å²) in [5.41, 5.74) is 0.126. The lowest BCUT2D eigenvalue weighted by molar-refractivity contribution is -0.0779.